The molecule has 1 spiro atoms. The van der Waals surface area contributed by atoms with Gasteiger partial charge in [-0.25, -0.2) is 4.98 Å². The number of hydrogen-bond acceptors (Lipinski definition) is 6. The molecule has 0 radical (unpaired) electrons. The summed E-state index contributed by atoms with van der Waals surface area (Å²) in [6.45, 7) is 3.41. The van der Waals surface area contributed by atoms with Gasteiger partial charge < -0.3 is 19.0 Å². The van der Waals surface area contributed by atoms with E-state index in [1.54, 1.807) is 23.8 Å². The Labute approximate surface area is 168 Å². The van der Waals surface area contributed by atoms with Crippen molar-refractivity contribution in [2.24, 2.45) is 5.92 Å². The van der Waals surface area contributed by atoms with Crippen LogP contribution in [-0.2, 0) is 16.8 Å². The fraction of sp³-hybridized carbons (Fsp3) is 0.619. The minimum atomic E-state index is -0.254. The van der Waals surface area contributed by atoms with Crippen molar-refractivity contribution in [1.82, 2.24) is 9.88 Å². The Balaban J connectivity index is 1.25. The van der Waals surface area contributed by atoms with Gasteiger partial charge in [-0.1, -0.05) is 0 Å². The van der Waals surface area contributed by atoms with E-state index in [9.17, 15) is 4.79 Å². The van der Waals surface area contributed by atoms with Crippen molar-refractivity contribution >= 4 is 23.3 Å². The summed E-state index contributed by atoms with van der Waals surface area (Å²) in [7, 11) is 0. The van der Waals surface area contributed by atoms with Crippen LogP contribution >= 0.6 is 11.3 Å². The van der Waals surface area contributed by atoms with Gasteiger partial charge in [-0.2, -0.15) is 0 Å². The SMILES string of the molecule is O=C(c1cc2c(s1)CCOC21CCN(c2ncco2)CC1)N1C[C@H]2CC[C@H]1C2. The zero-order valence-electron chi connectivity index (χ0n) is 15.9. The second kappa shape index (κ2) is 6.32. The van der Waals surface area contributed by atoms with E-state index < -0.39 is 0 Å². The molecule has 3 fully saturated rings. The van der Waals surface area contributed by atoms with Gasteiger partial charge in [0.1, 0.15) is 6.26 Å². The highest BCUT2D eigenvalue weighted by Gasteiger charge is 2.45. The first-order valence-electron chi connectivity index (χ1n) is 10.4. The largest absolute Gasteiger partial charge is 0.432 e. The number of hydrogen-bond donors (Lipinski definition) is 0. The van der Waals surface area contributed by atoms with Gasteiger partial charge in [-0.3, -0.25) is 4.79 Å². The van der Waals surface area contributed by atoms with Crippen LogP contribution < -0.4 is 4.90 Å². The van der Waals surface area contributed by atoms with Crippen LogP contribution in [0.4, 0.5) is 6.01 Å². The average Bonchev–Trinajstić information content (AvgIpc) is 3.52. The summed E-state index contributed by atoms with van der Waals surface area (Å²) >= 11 is 1.71. The topological polar surface area (TPSA) is 58.8 Å². The highest BCUT2D eigenvalue weighted by atomic mass is 32.1. The molecule has 1 saturated carbocycles. The third-order valence-corrected chi connectivity index (χ3v) is 8.33. The third kappa shape index (κ3) is 2.55. The molecule has 2 atom stereocenters. The molecule has 2 aromatic rings. The Morgan fingerprint density at radius 1 is 1.29 bits per heavy atom. The lowest BCUT2D eigenvalue weighted by molar-refractivity contribution is -0.0760. The van der Waals surface area contributed by atoms with E-state index in [0.29, 0.717) is 12.1 Å². The average molecular weight is 400 g/mol. The number of oxazole rings is 1. The van der Waals surface area contributed by atoms with Crippen LogP contribution in [0.15, 0.2) is 22.9 Å². The molecule has 2 bridgehead atoms. The minimum Gasteiger partial charge on any atom is -0.432 e. The Morgan fingerprint density at radius 2 is 2.18 bits per heavy atom. The maximum absolute atomic E-state index is 13.2. The summed E-state index contributed by atoms with van der Waals surface area (Å²) in [6, 6.07) is 3.33. The second-order valence-electron chi connectivity index (χ2n) is 8.63. The lowest BCUT2D eigenvalue weighted by Gasteiger charge is -2.43. The predicted octanol–water partition coefficient (Wildman–Crippen LogP) is 3.43. The Morgan fingerprint density at radius 3 is 2.89 bits per heavy atom. The maximum atomic E-state index is 13.2. The summed E-state index contributed by atoms with van der Waals surface area (Å²) < 4.78 is 11.8. The second-order valence-corrected chi connectivity index (χ2v) is 9.77. The van der Waals surface area contributed by atoms with E-state index in [-0.39, 0.29) is 11.5 Å². The van der Waals surface area contributed by atoms with E-state index >= 15 is 0 Å². The molecule has 4 aliphatic rings. The molecule has 1 amide bonds. The van der Waals surface area contributed by atoms with E-state index in [1.165, 1.54) is 29.7 Å². The van der Waals surface area contributed by atoms with Crippen LogP contribution in [0.3, 0.4) is 0 Å². The molecule has 7 heteroatoms. The molecular weight excluding hydrogens is 374 g/mol. The zero-order valence-corrected chi connectivity index (χ0v) is 16.7. The molecule has 5 heterocycles. The highest BCUT2D eigenvalue weighted by molar-refractivity contribution is 7.14. The van der Waals surface area contributed by atoms with Crippen molar-refractivity contribution in [2.45, 2.75) is 50.2 Å². The molecule has 0 unspecified atom stereocenters. The first-order valence-corrected chi connectivity index (χ1v) is 11.3. The monoisotopic (exact) mass is 399 g/mol. The summed E-state index contributed by atoms with van der Waals surface area (Å²) in [4.78, 5) is 24.1. The number of ether oxygens (including phenoxy) is 1. The first-order chi connectivity index (χ1) is 13.7. The van der Waals surface area contributed by atoms with Crippen LogP contribution in [0, 0.1) is 5.92 Å². The van der Waals surface area contributed by atoms with Gasteiger partial charge in [0.2, 0.25) is 0 Å². The molecule has 2 aromatic heterocycles. The van der Waals surface area contributed by atoms with Crippen molar-refractivity contribution in [3.05, 3.63) is 33.8 Å². The van der Waals surface area contributed by atoms with Crippen LogP contribution in [0.5, 0.6) is 0 Å². The number of likely N-dealkylation sites (tertiary alicyclic amines) is 1. The highest BCUT2D eigenvalue weighted by Crippen LogP contribution is 2.46. The number of fused-ring (bicyclic) bond motifs is 4. The number of nitrogens with zero attached hydrogens (tertiary/aromatic N) is 3. The van der Waals surface area contributed by atoms with Gasteiger partial charge in [-0.15, -0.1) is 11.3 Å². The first kappa shape index (κ1) is 17.0. The van der Waals surface area contributed by atoms with Gasteiger partial charge in [0, 0.05) is 37.0 Å². The zero-order chi connectivity index (χ0) is 18.7. The number of rotatable bonds is 2. The molecule has 6 rings (SSSR count). The molecular formula is C21H25N3O3S. The number of thiophene rings is 1. The van der Waals surface area contributed by atoms with E-state index in [0.717, 1.165) is 56.3 Å². The number of aromatic nitrogens is 1. The number of anilines is 1. The molecule has 6 nitrogen and oxygen atoms in total. The predicted molar refractivity (Wildman–Crippen MR) is 106 cm³/mol. The van der Waals surface area contributed by atoms with Crippen LogP contribution in [0.25, 0.3) is 0 Å². The Hall–Kier alpha value is -1.86. The van der Waals surface area contributed by atoms with Gasteiger partial charge in [-0.05, 0) is 49.7 Å². The van der Waals surface area contributed by atoms with Crippen LogP contribution in [-0.4, -0.2) is 48.1 Å². The summed E-state index contributed by atoms with van der Waals surface area (Å²) in [6.07, 6.45) is 9.74. The van der Waals surface area contributed by atoms with Crippen molar-refractivity contribution in [3.8, 4) is 0 Å². The third-order valence-electron chi connectivity index (χ3n) is 7.15. The molecule has 1 aliphatic carbocycles. The normalized spacial score (nSPS) is 28.1. The van der Waals surface area contributed by atoms with Gasteiger partial charge >= 0.3 is 0 Å². The van der Waals surface area contributed by atoms with Gasteiger partial charge in [0.05, 0.1) is 23.3 Å². The Kier molecular flexibility index (Phi) is 3.85. The maximum Gasteiger partial charge on any atom is 0.297 e. The molecule has 3 aliphatic heterocycles. The summed E-state index contributed by atoms with van der Waals surface area (Å²) in [5.41, 5.74) is 1.01. The van der Waals surface area contributed by atoms with Crippen molar-refractivity contribution in [2.75, 3.05) is 31.1 Å². The fourth-order valence-electron chi connectivity index (χ4n) is 5.68. The summed E-state index contributed by atoms with van der Waals surface area (Å²) in [5.74, 6) is 0.983. The fourth-order valence-corrected chi connectivity index (χ4v) is 6.87. The Bertz CT molecular complexity index is 885. The van der Waals surface area contributed by atoms with Gasteiger partial charge in [0.25, 0.3) is 11.9 Å². The number of carbonyl (C=O) groups is 1. The molecule has 0 aromatic carbocycles. The number of carbonyl (C=O) groups excluding carboxylic acids is 1. The molecule has 0 N–H and O–H groups in total. The lowest BCUT2D eigenvalue weighted by atomic mass is 9.82. The smallest absolute Gasteiger partial charge is 0.297 e. The van der Waals surface area contributed by atoms with Crippen LogP contribution in [0.2, 0.25) is 0 Å². The quantitative estimate of drug-likeness (QED) is 0.774. The van der Waals surface area contributed by atoms with E-state index in [2.05, 4.69) is 20.9 Å². The van der Waals surface area contributed by atoms with E-state index in [1.807, 2.05) is 0 Å². The molecule has 148 valence electrons. The molecule has 28 heavy (non-hydrogen) atoms. The van der Waals surface area contributed by atoms with Crippen molar-refractivity contribution in [1.29, 1.82) is 0 Å². The van der Waals surface area contributed by atoms with E-state index in [4.69, 9.17) is 9.15 Å². The van der Waals surface area contributed by atoms with Crippen molar-refractivity contribution in [3.63, 3.8) is 0 Å². The van der Waals surface area contributed by atoms with Gasteiger partial charge in [0.15, 0.2) is 0 Å². The summed E-state index contributed by atoms with van der Waals surface area (Å²) in [5, 5.41) is 0. The number of piperidine rings is 2. The van der Waals surface area contributed by atoms with Crippen molar-refractivity contribution < 1.29 is 13.9 Å². The van der Waals surface area contributed by atoms with Crippen LogP contribution in [0.1, 0.15) is 52.2 Å². The molecule has 2 saturated heterocycles. The number of amides is 1. The minimum absolute atomic E-state index is 0.249. The lowest BCUT2D eigenvalue weighted by Crippen LogP contribution is -2.46. The standard InChI is InChI=1S/C21H25N3O3S/c25-19(24-13-14-1-2-15(24)11-14)18-12-16-17(28-18)3-9-27-21(16)4-7-23(8-5-21)20-22-6-10-26-20/h6,10,12,14-15H,1-5,7-9,11,13H2/t14-,15-/m0/s1.